The zero-order chi connectivity index (χ0) is 23.5. The third-order valence-electron chi connectivity index (χ3n) is 5.72. The van der Waals surface area contributed by atoms with Crippen LogP contribution in [0, 0.1) is 0 Å². The van der Waals surface area contributed by atoms with Crippen LogP contribution in [0.15, 0.2) is 54.1 Å². The fourth-order valence-corrected chi connectivity index (χ4v) is 4.02. The van der Waals surface area contributed by atoms with Gasteiger partial charge in [-0.25, -0.2) is 4.79 Å². The fraction of sp³-hybridized carbons (Fsp3) is 0.391. The van der Waals surface area contributed by atoms with Crippen molar-refractivity contribution >= 4 is 23.7 Å². The van der Waals surface area contributed by atoms with Crippen LogP contribution in [0.25, 0.3) is 0 Å². The number of carbonyl (C=O) groups excluding carboxylic acids is 3. The number of amides is 3. The second kappa shape index (κ2) is 9.46. The number of rotatable bonds is 6. The highest BCUT2D eigenvalue weighted by Crippen LogP contribution is 2.26. The van der Waals surface area contributed by atoms with Gasteiger partial charge in [-0.1, -0.05) is 30.4 Å². The smallest absolute Gasteiger partial charge is 0.327 e. The number of aliphatic hydroxyl groups is 1. The van der Waals surface area contributed by atoms with E-state index in [-0.39, 0.29) is 24.3 Å². The first-order valence-corrected chi connectivity index (χ1v) is 10.4. The number of hydrogen-bond donors (Lipinski definition) is 3. The van der Waals surface area contributed by atoms with E-state index in [0.717, 1.165) is 4.90 Å². The van der Waals surface area contributed by atoms with Crippen molar-refractivity contribution in [3.8, 4) is 0 Å². The van der Waals surface area contributed by atoms with Gasteiger partial charge in [-0.05, 0) is 36.6 Å². The standard InChI is InChI=1S/C23H27N3O6/c1-15(27)25-13-5-8-18(25)21(29)26(20(28)17-6-3-2-4-7-17)19(22(30)31)14-16-9-11-23(24,32)12-10-16/h2-4,6-7,9-11,18-19,32H,5,8,12-14,24H2,1H3,(H,30,31)/t18-,19-,23?/m0/s1. The highest BCUT2D eigenvalue weighted by Gasteiger charge is 2.43. The number of hydrogen-bond acceptors (Lipinski definition) is 6. The fourth-order valence-electron chi connectivity index (χ4n) is 4.02. The van der Waals surface area contributed by atoms with E-state index in [0.29, 0.717) is 25.0 Å². The van der Waals surface area contributed by atoms with Gasteiger partial charge in [-0.3, -0.25) is 19.3 Å². The van der Waals surface area contributed by atoms with Crippen molar-refractivity contribution in [2.45, 2.75) is 50.4 Å². The summed E-state index contributed by atoms with van der Waals surface area (Å²) in [4.78, 5) is 53.3. The molecule has 0 bridgehead atoms. The molecule has 1 aliphatic carbocycles. The molecule has 1 aliphatic heterocycles. The summed E-state index contributed by atoms with van der Waals surface area (Å²) in [5.41, 5.74) is 4.82. The molecule has 9 nitrogen and oxygen atoms in total. The summed E-state index contributed by atoms with van der Waals surface area (Å²) in [5.74, 6) is -3.11. The minimum atomic E-state index is -1.52. The molecule has 4 N–H and O–H groups in total. The molecule has 3 rings (SSSR count). The van der Waals surface area contributed by atoms with Gasteiger partial charge in [0.1, 0.15) is 17.8 Å². The number of benzene rings is 1. The summed E-state index contributed by atoms with van der Waals surface area (Å²) in [6, 6.07) is 5.57. The first-order valence-electron chi connectivity index (χ1n) is 10.4. The maximum atomic E-state index is 13.5. The van der Waals surface area contributed by atoms with Crippen molar-refractivity contribution in [3.05, 3.63) is 59.7 Å². The van der Waals surface area contributed by atoms with E-state index in [9.17, 15) is 29.4 Å². The number of carbonyl (C=O) groups is 4. The average Bonchev–Trinajstić information content (AvgIpc) is 3.25. The van der Waals surface area contributed by atoms with Gasteiger partial charge < -0.3 is 20.8 Å². The number of likely N-dealkylation sites (tertiary alicyclic amines) is 1. The third kappa shape index (κ3) is 5.12. The van der Waals surface area contributed by atoms with Crippen molar-refractivity contribution in [2.24, 2.45) is 5.73 Å². The SMILES string of the molecule is CC(=O)N1CCC[C@H]1C(=O)N(C(=O)c1ccccc1)[C@@H](CC1=CCC(N)(O)C=C1)C(=O)O. The van der Waals surface area contributed by atoms with Gasteiger partial charge in [0, 0.05) is 31.9 Å². The van der Waals surface area contributed by atoms with Gasteiger partial charge in [0.15, 0.2) is 0 Å². The van der Waals surface area contributed by atoms with Gasteiger partial charge >= 0.3 is 5.97 Å². The number of aliphatic carboxylic acids is 1. The molecule has 1 aromatic carbocycles. The molecule has 1 heterocycles. The Morgan fingerprint density at radius 2 is 1.94 bits per heavy atom. The van der Waals surface area contributed by atoms with E-state index < -0.39 is 35.6 Å². The van der Waals surface area contributed by atoms with E-state index in [4.69, 9.17) is 5.73 Å². The molecule has 170 valence electrons. The van der Waals surface area contributed by atoms with Crippen LogP contribution in [-0.4, -0.2) is 68.1 Å². The molecule has 0 radical (unpaired) electrons. The molecule has 32 heavy (non-hydrogen) atoms. The van der Waals surface area contributed by atoms with Gasteiger partial charge in [-0.15, -0.1) is 0 Å². The molecule has 0 aromatic heterocycles. The van der Waals surface area contributed by atoms with Crippen LogP contribution in [0.2, 0.25) is 0 Å². The molecule has 3 atom stereocenters. The van der Waals surface area contributed by atoms with Crippen molar-refractivity contribution in [3.63, 3.8) is 0 Å². The van der Waals surface area contributed by atoms with Gasteiger partial charge in [0.05, 0.1) is 0 Å². The molecule has 2 aliphatic rings. The van der Waals surface area contributed by atoms with Gasteiger partial charge in [-0.2, -0.15) is 0 Å². The van der Waals surface area contributed by atoms with Crippen molar-refractivity contribution in [2.75, 3.05) is 6.54 Å². The highest BCUT2D eigenvalue weighted by atomic mass is 16.4. The second-order valence-corrected chi connectivity index (χ2v) is 8.12. The topological polar surface area (TPSA) is 141 Å². The lowest BCUT2D eigenvalue weighted by molar-refractivity contribution is -0.150. The largest absolute Gasteiger partial charge is 0.480 e. The summed E-state index contributed by atoms with van der Waals surface area (Å²) in [7, 11) is 0. The molecule has 1 aromatic rings. The number of carboxylic acids is 1. The summed E-state index contributed by atoms with van der Waals surface area (Å²) in [6.07, 6.45) is 5.29. The number of imide groups is 1. The Balaban J connectivity index is 1.98. The molecule has 1 fully saturated rings. The van der Waals surface area contributed by atoms with Crippen LogP contribution in [-0.2, 0) is 14.4 Å². The Labute approximate surface area is 185 Å². The Morgan fingerprint density at radius 3 is 2.50 bits per heavy atom. The molecule has 1 saturated heterocycles. The maximum Gasteiger partial charge on any atom is 0.327 e. The molecular formula is C23H27N3O6. The Kier molecular flexibility index (Phi) is 6.90. The van der Waals surface area contributed by atoms with Gasteiger partial charge in [0.2, 0.25) is 5.91 Å². The zero-order valence-electron chi connectivity index (χ0n) is 17.8. The maximum absolute atomic E-state index is 13.5. The summed E-state index contributed by atoms with van der Waals surface area (Å²) in [6.45, 7) is 1.72. The summed E-state index contributed by atoms with van der Waals surface area (Å²) in [5, 5.41) is 19.9. The molecule has 0 spiro atoms. The van der Waals surface area contributed by atoms with E-state index in [1.165, 1.54) is 36.1 Å². The first kappa shape index (κ1) is 23.4. The van der Waals surface area contributed by atoms with Crippen LogP contribution in [0.1, 0.15) is 43.0 Å². The number of allylic oxidation sites excluding steroid dienone is 1. The normalized spacial score (nSPS) is 23.4. The monoisotopic (exact) mass is 441 g/mol. The lowest BCUT2D eigenvalue weighted by atomic mass is 9.94. The second-order valence-electron chi connectivity index (χ2n) is 8.12. The van der Waals surface area contributed by atoms with E-state index in [2.05, 4.69) is 0 Å². The summed E-state index contributed by atoms with van der Waals surface area (Å²) >= 11 is 0. The van der Waals surface area contributed by atoms with Crippen LogP contribution >= 0.6 is 0 Å². The number of nitrogens with two attached hydrogens (primary N) is 1. The van der Waals surface area contributed by atoms with Crippen molar-refractivity contribution < 1.29 is 29.4 Å². The van der Waals surface area contributed by atoms with Crippen LogP contribution < -0.4 is 5.73 Å². The molecule has 1 unspecified atom stereocenters. The minimum absolute atomic E-state index is 0.0759. The van der Waals surface area contributed by atoms with Crippen LogP contribution in [0.5, 0.6) is 0 Å². The van der Waals surface area contributed by atoms with E-state index >= 15 is 0 Å². The summed E-state index contributed by atoms with van der Waals surface area (Å²) < 4.78 is 0. The minimum Gasteiger partial charge on any atom is -0.480 e. The predicted octanol–water partition coefficient (Wildman–Crippen LogP) is 1.04. The third-order valence-corrected chi connectivity index (χ3v) is 5.72. The lowest BCUT2D eigenvalue weighted by Gasteiger charge is -2.33. The van der Waals surface area contributed by atoms with Crippen molar-refractivity contribution in [1.29, 1.82) is 0 Å². The molecule has 3 amide bonds. The number of nitrogens with zero attached hydrogens (tertiary/aromatic N) is 2. The van der Waals surface area contributed by atoms with E-state index in [1.54, 1.807) is 24.3 Å². The molecule has 0 saturated carbocycles. The number of carboxylic acid groups (broad SMARTS) is 1. The highest BCUT2D eigenvalue weighted by molar-refractivity contribution is 6.09. The van der Waals surface area contributed by atoms with Crippen LogP contribution in [0.4, 0.5) is 0 Å². The average molecular weight is 441 g/mol. The predicted molar refractivity (Wildman–Crippen MR) is 115 cm³/mol. The van der Waals surface area contributed by atoms with Crippen molar-refractivity contribution in [1.82, 2.24) is 9.80 Å². The van der Waals surface area contributed by atoms with Crippen LogP contribution in [0.3, 0.4) is 0 Å². The molecular weight excluding hydrogens is 414 g/mol. The first-order chi connectivity index (χ1) is 15.1. The Hall–Kier alpha value is -3.30. The quantitative estimate of drug-likeness (QED) is 0.442. The Morgan fingerprint density at radius 1 is 1.25 bits per heavy atom. The lowest BCUT2D eigenvalue weighted by Crippen LogP contribution is -2.55. The molecule has 9 heteroatoms. The van der Waals surface area contributed by atoms with E-state index in [1.807, 2.05) is 0 Å². The Bertz CT molecular complexity index is 969. The zero-order valence-corrected chi connectivity index (χ0v) is 17.8. The van der Waals surface area contributed by atoms with Gasteiger partial charge in [0.25, 0.3) is 11.8 Å².